The first-order valence-electron chi connectivity index (χ1n) is 10.2. The van der Waals surface area contributed by atoms with Crippen molar-refractivity contribution in [2.75, 3.05) is 39.9 Å². The Morgan fingerprint density at radius 3 is 2.50 bits per heavy atom. The maximum atomic E-state index is 12.3. The van der Waals surface area contributed by atoms with Gasteiger partial charge in [0.25, 0.3) is 0 Å². The summed E-state index contributed by atoms with van der Waals surface area (Å²) in [5, 5.41) is 3.98. The summed E-state index contributed by atoms with van der Waals surface area (Å²) in [5.74, 6) is 0.726. The second-order valence-corrected chi connectivity index (χ2v) is 8.43. The van der Waals surface area contributed by atoms with Gasteiger partial charge >= 0.3 is 0 Å². The van der Waals surface area contributed by atoms with Gasteiger partial charge in [0, 0.05) is 32.8 Å². The van der Waals surface area contributed by atoms with Crippen LogP contribution in [0.5, 0.6) is 5.75 Å². The number of rotatable bonds is 9. The Labute approximate surface area is 188 Å². The minimum atomic E-state index is -0.369. The first-order valence-corrected chi connectivity index (χ1v) is 10.9. The van der Waals surface area contributed by atoms with E-state index in [2.05, 4.69) is 22.3 Å². The minimum absolute atomic E-state index is 0.0582. The Bertz CT molecular complexity index is 824. The molecule has 0 saturated carbocycles. The van der Waals surface area contributed by atoms with E-state index in [-0.39, 0.29) is 11.5 Å². The van der Waals surface area contributed by atoms with E-state index in [0.29, 0.717) is 35.5 Å². The van der Waals surface area contributed by atoms with Crippen molar-refractivity contribution in [1.29, 1.82) is 0 Å². The zero-order valence-corrected chi connectivity index (χ0v) is 18.7. The van der Waals surface area contributed by atoms with E-state index < -0.39 is 0 Å². The highest BCUT2D eigenvalue weighted by Crippen LogP contribution is 2.30. The normalized spacial score (nSPS) is 16.2. The molecule has 30 heavy (non-hydrogen) atoms. The molecule has 7 heteroatoms. The van der Waals surface area contributed by atoms with Gasteiger partial charge in [-0.05, 0) is 37.0 Å². The standard InChI is InChI=1S/C23H28Cl2N2O3/c1-29-23(17-30-19-7-8-20(24)21(25)15-19)10-13-27(14-11-23)16-22(28)26-12-9-18-5-3-2-4-6-18/h2-8,15H,9-14,16-17H2,1H3,(H,26,28). The van der Waals surface area contributed by atoms with Crippen LogP contribution in [-0.2, 0) is 16.0 Å². The average Bonchev–Trinajstić information content (AvgIpc) is 2.76. The molecule has 3 rings (SSSR count). The maximum Gasteiger partial charge on any atom is 0.234 e. The lowest BCUT2D eigenvalue weighted by Gasteiger charge is -2.40. The summed E-state index contributed by atoms with van der Waals surface area (Å²) in [4.78, 5) is 14.4. The van der Waals surface area contributed by atoms with E-state index in [0.717, 1.165) is 32.4 Å². The Kier molecular flexibility index (Phi) is 8.40. The molecule has 1 N–H and O–H groups in total. The fourth-order valence-corrected chi connectivity index (χ4v) is 3.85. The predicted molar refractivity (Wildman–Crippen MR) is 121 cm³/mol. The third-order valence-electron chi connectivity index (χ3n) is 5.54. The number of benzene rings is 2. The summed E-state index contributed by atoms with van der Waals surface area (Å²) in [7, 11) is 1.71. The summed E-state index contributed by atoms with van der Waals surface area (Å²) in [6, 6.07) is 15.4. The van der Waals surface area contributed by atoms with Crippen molar-refractivity contribution in [1.82, 2.24) is 10.2 Å². The lowest BCUT2D eigenvalue weighted by molar-refractivity contribution is -0.124. The highest BCUT2D eigenvalue weighted by molar-refractivity contribution is 6.42. The molecule has 1 fully saturated rings. The summed E-state index contributed by atoms with van der Waals surface area (Å²) < 4.78 is 11.7. The number of amides is 1. The molecule has 2 aromatic carbocycles. The van der Waals surface area contributed by atoms with Gasteiger partial charge in [-0.1, -0.05) is 53.5 Å². The molecule has 0 spiro atoms. The van der Waals surface area contributed by atoms with Gasteiger partial charge in [0.2, 0.25) is 5.91 Å². The van der Waals surface area contributed by atoms with Crippen LogP contribution in [0.25, 0.3) is 0 Å². The van der Waals surface area contributed by atoms with Gasteiger partial charge in [-0.25, -0.2) is 0 Å². The first kappa shape index (κ1) is 22.9. The van der Waals surface area contributed by atoms with Crippen LogP contribution in [0.1, 0.15) is 18.4 Å². The molecule has 1 amide bonds. The van der Waals surface area contributed by atoms with Gasteiger partial charge < -0.3 is 14.8 Å². The summed E-state index contributed by atoms with van der Waals surface area (Å²) in [5.41, 5.74) is 0.856. The Balaban J connectivity index is 1.40. The summed E-state index contributed by atoms with van der Waals surface area (Å²) >= 11 is 12.0. The van der Waals surface area contributed by atoms with E-state index in [1.807, 2.05) is 18.2 Å². The van der Waals surface area contributed by atoms with E-state index in [9.17, 15) is 4.79 Å². The van der Waals surface area contributed by atoms with Crippen LogP contribution in [0.15, 0.2) is 48.5 Å². The van der Waals surface area contributed by atoms with Crippen molar-refractivity contribution in [3.8, 4) is 5.75 Å². The first-order chi connectivity index (χ1) is 14.5. The average molecular weight is 451 g/mol. The zero-order valence-electron chi connectivity index (χ0n) is 17.2. The van der Waals surface area contributed by atoms with Gasteiger partial charge in [-0.2, -0.15) is 0 Å². The number of piperidine rings is 1. The lowest BCUT2D eigenvalue weighted by atomic mass is 9.92. The molecule has 1 heterocycles. The SMILES string of the molecule is COC1(COc2ccc(Cl)c(Cl)c2)CCN(CC(=O)NCCc2ccccc2)CC1. The number of likely N-dealkylation sites (tertiary alicyclic amines) is 1. The van der Waals surface area contributed by atoms with Crippen molar-refractivity contribution in [3.05, 3.63) is 64.1 Å². The molecule has 1 aliphatic rings. The molecule has 5 nitrogen and oxygen atoms in total. The highest BCUT2D eigenvalue weighted by atomic mass is 35.5. The fourth-order valence-electron chi connectivity index (χ4n) is 3.56. The van der Waals surface area contributed by atoms with Gasteiger partial charge in [0.1, 0.15) is 18.0 Å². The molecule has 0 atom stereocenters. The molecular formula is C23H28Cl2N2O3. The fraction of sp³-hybridized carbons (Fsp3) is 0.435. The van der Waals surface area contributed by atoms with Crippen LogP contribution >= 0.6 is 23.2 Å². The number of carbonyl (C=O) groups is 1. The van der Waals surface area contributed by atoms with Crippen molar-refractivity contribution in [3.63, 3.8) is 0 Å². The van der Waals surface area contributed by atoms with Gasteiger partial charge in [0.15, 0.2) is 0 Å². The molecule has 1 aliphatic heterocycles. The maximum absolute atomic E-state index is 12.3. The molecular weight excluding hydrogens is 423 g/mol. The monoisotopic (exact) mass is 450 g/mol. The number of carbonyl (C=O) groups excluding carboxylic acids is 1. The van der Waals surface area contributed by atoms with Crippen LogP contribution in [0.3, 0.4) is 0 Å². The van der Waals surface area contributed by atoms with Crippen LogP contribution < -0.4 is 10.1 Å². The largest absolute Gasteiger partial charge is 0.491 e. The lowest BCUT2D eigenvalue weighted by Crippen LogP contribution is -2.51. The molecule has 162 valence electrons. The summed E-state index contributed by atoms with van der Waals surface area (Å²) in [6.07, 6.45) is 2.43. The third kappa shape index (κ3) is 6.61. The van der Waals surface area contributed by atoms with Crippen LogP contribution in [-0.4, -0.2) is 56.3 Å². The zero-order chi connectivity index (χ0) is 21.4. The Morgan fingerprint density at radius 2 is 1.83 bits per heavy atom. The van der Waals surface area contributed by atoms with Crippen molar-refractivity contribution < 1.29 is 14.3 Å². The van der Waals surface area contributed by atoms with E-state index in [4.69, 9.17) is 32.7 Å². The number of ether oxygens (including phenoxy) is 2. The smallest absolute Gasteiger partial charge is 0.234 e. The van der Waals surface area contributed by atoms with Gasteiger partial charge in [0.05, 0.1) is 16.6 Å². The quantitative estimate of drug-likeness (QED) is 0.621. The number of hydrogen-bond donors (Lipinski definition) is 1. The molecule has 1 saturated heterocycles. The van der Waals surface area contributed by atoms with E-state index >= 15 is 0 Å². The number of nitrogens with one attached hydrogen (secondary N) is 1. The second-order valence-electron chi connectivity index (χ2n) is 7.61. The van der Waals surface area contributed by atoms with Gasteiger partial charge in [-0.3, -0.25) is 9.69 Å². The van der Waals surface area contributed by atoms with Crippen molar-refractivity contribution in [2.45, 2.75) is 24.9 Å². The van der Waals surface area contributed by atoms with E-state index in [1.54, 1.807) is 25.3 Å². The van der Waals surface area contributed by atoms with E-state index in [1.165, 1.54) is 5.56 Å². The molecule has 0 bridgehead atoms. The number of hydrogen-bond acceptors (Lipinski definition) is 4. The van der Waals surface area contributed by atoms with Gasteiger partial charge in [-0.15, -0.1) is 0 Å². The molecule has 0 aliphatic carbocycles. The molecule has 0 aromatic heterocycles. The Hall–Kier alpha value is -1.79. The number of nitrogens with zero attached hydrogens (tertiary/aromatic N) is 1. The minimum Gasteiger partial charge on any atom is -0.491 e. The molecule has 2 aromatic rings. The highest BCUT2D eigenvalue weighted by Gasteiger charge is 2.36. The number of methoxy groups -OCH3 is 1. The Morgan fingerprint density at radius 1 is 1.10 bits per heavy atom. The predicted octanol–water partition coefficient (Wildman–Crippen LogP) is 4.21. The van der Waals surface area contributed by atoms with Crippen molar-refractivity contribution >= 4 is 29.1 Å². The van der Waals surface area contributed by atoms with Crippen LogP contribution in [0.4, 0.5) is 0 Å². The van der Waals surface area contributed by atoms with Crippen LogP contribution in [0, 0.1) is 0 Å². The third-order valence-corrected chi connectivity index (χ3v) is 6.28. The second kappa shape index (κ2) is 11.0. The number of halogens is 2. The molecule has 0 unspecified atom stereocenters. The molecule has 0 radical (unpaired) electrons. The van der Waals surface area contributed by atoms with Crippen molar-refractivity contribution in [2.24, 2.45) is 0 Å². The topological polar surface area (TPSA) is 50.8 Å². The van der Waals surface area contributed by atoms with Crippen LogP contribution in [0.2, 0.25) is 10.0 Å². The summed E-state index contributed by atoms with van der Waals surface area (Å²) in [6.45, 7) is 3.05.